The van der Waals surface area contributed by atoms with E-state index < -0.39 is 21.7 Å². The van der Waals surface area contributed by atoms with E-state index in [1.165, 1.54) is 12.3 Å². The van der Waals surface area contributed by atoms with Crippen LogP contribution in [0.2, 0.25) is 0 Å². The highest BCUT2D eigenvalue weighted by molar-refractivity contribution is 7.92. The molecule has 10 heteroatoms. The maximum atomic E-state index is 13.3. The van der Waals surface area contributed by atoms with E-state index in [0.717, 1.165) is 44.4 Å². The molecule has 1 unspecified atom stereocenters. The van der Waals surface area contributed by atoms with E-state index in [1.807, 2.05) is 0 Å². The van der Waals surface area contributed by atoms with Crippen molar-refractivity contribution >= 4 is 21.5 Å². The first-order valence-electron chi connectivity index (χ1n) is 9.22. The number of hydrogen-bond donors (Lipinski definition) is 1. The molecule has 0 amide bonds. The number of benzene rings is 1. The van der Waals surface area contributed by atoms with Crippen molar-refractivity contribution in [3.8, 4) is 0 Å². The summed E-state index contributed by atoms with van der Waals surface area (Å²) in [7, 11) is -2.28. The van der Waals surface area contributed by atoms with Gasteiger partial charge in [-0.15, -0.1) is 0 Å². The van der Waals surface area contributed by atoms with Crippen LogP contribution in [-0.2, 0) is 14.8 Å². The molecule has 29 heavy (non-hydrogen) atoms. The minimum atomic E-state index is -3.96. The number of nitrogens with one attached hydrogen (secondary N) is 1. The van der Waals surface area contributed by atoms with Gasteiger partial charge in [-0.05, 0) is 31.2 Å². The van der Waals surface area contributed by atoms with Crippen LogP contribution in [0.1, 0.15) is 6.92 Å². The molecule has 2 heterocycles. The third-order valence-corrected chi connectivity index (χ3v) is 6.24. The van der Waals surface area contributed by atoms with E-state index in [-0.39, 0.29) is 10.6 Å². The number of anilines is 2. The van der Waals surface area contributed by atoms with E-state index >= 15 is 0 Å². The molecule has 0 radical (unpaired) electrons. The summed E-state index contributed by atoms with van der Waals surface area (Å²) in [4.78, 5) is 8.68. The quantitative estimate of drug-likeness (QED) is 0.733. The first-order valence-corrected chi connectivity index (χ1v) is 10.7. The van der Waals surface area contributed by atoms with E-state index in [9.17, 15) is 17.2 Å². The van der Waals surface area contributed by atoms with Crippen molar-refractivity contribution in [2.45, 2.75) is 17.9 Å². The minimum Gasteiger partial charge on any atom is -0.383 e. The summed E-state index contributed by atoms with van der Waals surface area (Å²) in [5.74, 6) is -1.48. The van der Waals surface area contributed by atoms with Crippen LogP contribution in [0, 0.1) is 11.6 Å². The highest BCUT2D eigenvalue weighted by atomic mass is 32.2. The molecule has 1 fully saturated rings. The van der Waals surface area contributed by atoms with Gasteiger partial charge < -0.3 is 9.64 Å². The molecule has 0 saturated carbocycles. The van der Waals surface area contributed by atoms with Gasteiger partial charge in [0, 0.05) is 51.6 Å². The van der Waals surface area contributed by atoms with E-state index in [1.54, 1.807) is 13.2 Å². The third-order valence-electron chi connectivity index (χ3n) is 4.87. The van der Waals surface area contributed by atoms with Crippen molar-refractivity contribution in [1.82, 2.24) is 9.88 Å². The van der Waals surface area contributed by atoms with Gasteiger partial charge in [0.05, 0.1) is 12.3 Å². The molecule has 0 bridgehead atoms. The topological polar surface area (TPSA) is 74.8 Å². The number of methoxy groups -OCH3 is 1. The summed E-state index contributed by atoms with van der Waals surface area (Å²) in [5.41, 5.74) is -0.0611. The van der Waals surface area contributed by atoms with Crippen LogP contribution in [0.15, 0.2) is 41.4 Å². The largest absolute Gasteiger partial charge is 0.383 e. The first-order chi connectivity index (χ1) is 13.8. The highest BCUT2D eigenvalue weighted by Crippen LogP contribution is 2.21. The Morgan fingerprint density at radius 1 is 1.21 bits per heavy atom. The Kier molecular flexibility index (Phi) is 6.66. The number of ether oxygens (including phenoxy) is 1. The molecule has 0 aliphatic carbocycles. The second kappa shape index (κ2) is 9.02. The van der Waals surface area contributed by atoms with Crippen LogP contribution in [0.3, 0.4) is 0 Å². The number of hydrogen-bond acceptors (Lipinski definition) is 6. The van der Waals surface area contributed by atoms with Crippen molar-refractivity contribution < 1.29 is 21.9 Å². The number of nitrogens with zero attached hydrogens (tertiary/aromatic N) is 3. The molecule has 158 valence electrons. The predicted molar refractivity (Wildman–Crippen MR) is 107 cm³/mol. The van der Waals surface area contributed by atoms with Gasteiger partial charge in [0.15, 0.2) is 11.6 Å². The Labute approximate surface area is 169 Å². The number of piperazine rings is 1. The van der Waals surface area contributed by atoms with Crippen LogP contribution in [0.5, 0.6) is 0 Å². The lowest BCUT2D eigenvalue weighted by Crippen LogP contribution is -2.52. The zero-order valence-corrected chi connectivity index (χ0v) is 17.1. The van der Waals surface area contributed by atoms with E-state index in [4.69, 9.17) is 4.74 Å². The fourth-order valence-electron chi connectivity index (χ4n) is 3.24. The SMILES string of the molecule is COCCN1CCN(c2ccc(S(=O)(=O)Nc3ccc(F)c(F)c3)cn2)CC1C. The summed E-state index contributed by atoms with van der Waals surface area (Å²) >= 11 is 0. The third kappa shape index (κ3) is 5.20. The molecule has 1 aromatic carbocycles. The monoisotopic (exact) mass is 426 g/mol. The fraction of sp³-hybridized carbons (Fsp3) is 0.421. The number of rotatable bonds is 7. The Hall–Kier alpha value is -2.30. The average Bonchev–Trinajstić information content (AvgIpc) is 2.70. The molecular formula is C19H24F2N4O3S. The molecular weight excluding hydrogens is 402 g/mol. The zero-order valence-electron chi connectivity index (χ0n) is 16.3. The van der Waals surface area contributed by atoms with Crippen molar-refractivity contribution in [2.24, 2.45) is 0 Å². The standard InChI is InChI=1S/C19H24F2N4O3S/c1-14-13-25(8-7-24(14)9-10-28-2)19-6-4-16(12-22-19)29(26,27)23-15-3-5-17(20)18(21)11-15/h3-6,11-12,14,23H,7-10,13H2,1-2H3. The molecule has 1 aliphatic rings. The fourth-order valence-corrected chi connectivity index (χ4v) is 4.23. The van der Waals surface area contributed by atoms with Crippen LogP contribution < -0.4 is 9.62 Å². The van der Waals surface area contributed by atoms with Crippen molar-refractivity contribution in [3.05, 3.63) is 48.2 Å². The molecule has 1 saturated heterocycles. The Morgan fingerprint density at radius 3 is 2.62 bits per heavy atom. The molecule has 2 aromatic rings. The Morgan fingerprint density at radius 2 is 2.00 bits per heavy atom. The van der Waals surface area contributed by atoms with Gasteiger partial charge in [0.25, 0.3) is 10.0 Å². The average molecular weight is 426 g/mol. The second-order valence-corrected chi connectivity index (χ2v) is 8.59. The summed E-state index contributed by atoms with van der Waals surface area (Å²) in [5, 5.41) is 0. The summed E-state index contributed by atoms with van der Waals surface area (Å²) in [6.45, 7) is 6.10. The lowest BCUT2D eigenvalue weighted by atomic mass is 10.2. The van der Waals surface area contributed by atoms with Gasteiger partial charge in [-0.3, -0.25) is 9.62 Å². The van der Waals surface area contributed by atoms with Gasteiger partial charge >= 0.3 is 0 Å². The Balaban J connectivity index is 1.67. The summed E-state index contributed by atoms with van der Waals surface area (Å²) in [6.07, 6.45) is 1.26. The van der Waals surface area contributed by atoms with Crippen LogP contribution >= 0.6 is 0 Å². The molecule has 1 N–H and O–H groups in total. The normalized spacial score (nSPS) is 18.1. The van der Waals surface area contributed by atoms with E-state index in [0.29, 0.717) is 18.5 Å². The molecule has 7 nitrogen and oxygen atoms in total. The van der Waals surface area contributed by atoms with Gasteiger partial charge in [0.1, 0.15) is 10.7 Å². The van der Waals surface area contributed by atoms with Gasteiger partial charge in [-0.25, -0.2) is 22.2 Å². The molecule has 0 spiro atoms. The predicted octanol–water partition coefficient (Wildman–Crippen LogP) is 2.32. The minimum absolute atomic E-state index is 0.0576. The number of sulfonamides is 1. The van der Waals surface area contributed by atoms with Gasteiger partial charge in [-0.1, -0.05) is 0 Å². The molecule has 3 rings (SSSR count). The number of halogens is 2. The Bertz CT molecular complexity index is 941. The zero-order chi connectivity index (χ0) is 21.0. The first kappa shape index (κ1) is 21.4. The summed E-state index contributed by atoms with van der Waals surface area (Å²) in [6, 6.07) is 6.23. The van der Waals surface area contributed by atoms with Crippen LogP contribution in [-0.4, -0.2) is 64.2 Å². The second-order valence-electron chi connectivity index (χ2n) is 6.91. The van der Waals surface area contributed by atoms with Crippen molar-refractivity contribution in [3.63, 3.8) is 0 Å². The van der Waals surface area contributed by atoms with Crippen LogP contribution in [0.25, 0.3) is 0 Å². The summed E-state index contributed by atoms with van der Waals surface area (Å²) < 4.78 is 58.6. The lowest BCUT2D eigenvalue weighted by molar-refractivity contribution is 0.117. The smallest absolute Gasteiger partial charge is 0.263 e. The van der Waals surface area contributed by atoms with Gasteiger partial charge in [0.2, 0.25) is 0 Å². The number of aromatic nitrogens is 1. The van der Waals surface area contributed by atoms with Crippen molar-refractivity contribution in [1.29, 1.82) is 0 Å². The van der Waals surface area contributed by atoms with Crippen LogP contribution in [0.4, 0.5) is 20.3 Å². The molecule has 1 atom stereocenters. The van der Waals surface area contributed by atoms with Gasteiger partial charge in [-0.2, -0.15) is 0 Å². The van der Waals surface area contributed by atoms with E-state index in [2.05, 4.69) is 26.4 Å². The molecule has 1 aromatic heterocycles. The maximum absolute atomic E-state index is 13.3. The lowest BCUT2D eigenvalue weighted by Gasteiger charge is -2.40. The molecule has 1 aliphatic heterocycles. The maximum Gasteiger partial charge on any atom is 0.263 e. The van der Waals surface area contributed by atoms with Crippen molar-refractivity contribution in [2.75, 3.05) is 49.5 Å². The number of pyridine rings is 1. The highest BCUT2D eigenvalue weighted by Gasteiger charge is 2.24.